The third kappa shape index (κ3) is 43.6. The second-order valence-electron chi connectivity index (χ2n) is 8.13. The molecule has 3 aromatic carbocycles. The first-order valence-corrected chi connectivity index (χ1v) is 11.0. The van der Waals surface area contributed by atoms with Gasteiger partial charge in [-0.1, -0.05) is 219 Å². The summed E-state index contributed by atoms with van der Waals surface area (Å²) in [5.74, 6) is -7.60. The van der Waals surface area contributed by atoms with E-state index in [0.29, 0.717) is 0 Å². The Morgan fingerprint density at radius 3 is 1.18 bits per heavy atom. The van der Waals surface area contributed by atoms with E-state index in [9.17, 15) is 55.2 Å². The minimum absolute atomic E-state index is 0. The van der Waals surface area contributed by atoms with Crippen molar-refractivity contribution in [3.05, 3.63) is 76.9 Å². The highest BCUT2D eigenvalue weighted by atomic mass is 16.6. The molecule has 1 atom stereocenters. The number of aromatic hydroxyl groups is 6. The Hall–Kier alpha value is -5.65. The molecule has 3 rings (SSSR count). The topological polar surface area (TPSA) is 222 Å². The van der Waals surface area contributed by atoms with Crippen LogP contribution in [-0.4, -0.2) is 64.9 Å². The van der Waals surface area contributed by atoms with E-state index in [1.165, 1.54) is 18.2 Å². The molecule has 0 aliphatic carbocycles. The molecular weight excluding hydrogens is 841 g/mol. The summed E-state index contributed by atoms with van der Waals surface area (Å²) in [7, 11) is 0. The summed E-state index contributed by atoms with van der Waals surface area (Å²) in [6.07, 6.45) is 0.826. The number of phenols is 6. The van der Waals surface area contributed by atoms with Gasteiger partial charge in [0.05, 0.1) is 5.57 Å². The minimum Gasteiger partial charge on any atom is -0.504 e. The number of hydrogen-bond donors (Lipinski definition) is 8. The van der Waals surface area contributed by atoms with Crippen molar-refractivity contribution in [1.29, 1.82) is 0 Å². The summed E-state index contributed by atoms with van der Waals surface area (Å²) >= 11 is 0. The molecule has 0 aliphatic heterocycles. The summed E-state index contributed by atoms with van der Waals surface area (Å²) in [4.78, 5) is 36.1. The fourth-order valence-electron chi connectivity index (χ4n) is 3.48. The predicted molar refractivity (Wildman–Crippen MR) is 317 cm³/mol. The SMILES string of the molecule is C.C.C.C.C.C.C.C.C.C.C.C.C.C.C.C.C.C.C.C.C.C.C.C.C.C.C.O=C(/C=C/c1ccc(O)c(O)c1/C(=C\c1ccc(O)c(O)c1)C(=O)O)OC(Cc1ccc(O)c(O)c1)C(=O)O. The van der Waals surface area contributed by atoms with Gasteiger partial charge in [0.15, 0.2) is 34.5 Å². The molecule has 12 nitrogen and oxygen atoms in total. The standard InChI is InChI=1S/C27H22O12.27CH4/c28-17-5-1-13(10-20(17)31)9-16(26(35)36)24-15(3-7-19(30)25(24)34)4-8-23(33)39-22(27(37)38)12-14-2-6-18(29)21(32)11-14;;;;;;;;;;;;;;;;;;;;;;;;;;;/h1-11,22,28-32,34H,12H2,(H,35,36)(H,37,38);27*1H4/b8-4+,16-9+;;;;;;;;;;;;;;;;;;;;;;;;;;;. The lowest BCUT2D eigenvalue weighted by Gasteiger charge is -2.14. The van der Waals surface area contributed by atoms with Crippen LogP contribution in [0, 0.1) is 0 Å². The average molecular weight is 972 g/mol. The van der Waals surface area contributed by atoms with Crippen LogP contribution in [-0.2, 0) is 25.5 Å². The summed E-state index contributed by atoms with van der Waals surface area (Å²) < 4.78 is 4.97. The van der Waals surface area contributed by atoms with Crippen molar-refractivity contribution in [2.75, 3.05) is 0 Å². The van der Waals surface area contributed by atoms with Crippen LogP contribution in [0.4, 0.5) is 0 Å². The van der Waals surface area contributed by atoms with Gasteiger partial charge in [-0.15, -0.1) is 0 Å². The van der Waals surface area contributed by atoms with Gasteiger partial charge in [-0.25, -0.2) is 14.4 Å². The fourth-order valence-corrected chi connectivity index (χ4v) is 3.48. The van der Waals surface area contributed by atoms with E-state index in [4.69, 9.17) is 4.74 Å². The van der Waals surface area contributed by atoms with Gasteiger partial charge in [-0.3, -0.25) is 0 Å². The molecule has 418 valence electrons. The molecule has 8 N–H and O–H groups in total. The molecule has 1 unspecified atom stereocenters. The number of carbonyl (C=O) groups excluding carboxylic acids is 1. The quantitative estimate of drug-likeness (QED) is 0.0434. The maximum Gasteiger partial charge on any atom is 0.345 e. The molecule has 0 spiro atoms. The first-order valence-electron chi connectivity index (χ1n) is 11.0. The van der Waals surface area contributed by atoms with Gasteiger partial charge in [-0.2, -0.15) is 0 Å². The third-order valence-corrected chi connectivity index (χ3v) is 5.39. The van der Waals surface area contributed by atoms with E-state index in [-0.39, 0.29) is 224 Å². The molecule has 3 aromatic rings. The second kappa shape index (κ2) is 73.7. The molecule has 0 bridgehead atoms. The molecule has 0 radical (unpaired) electrons. The van der Waals surface area contributed by atoms with Crippen LogP contribution in [0.15, 0.2) is 54.6 Å². The molecule has 0 saturated carbocycles. The van der Waals surface area contributed by atoms with E-state index in [1.54, 1.807) is 0 Å². The van der Waals surface area contributed by atoms with Gasteiger partial charge in [0.2, 0.25) is 6.10 Å². The van der Waals surface area contributed by atoms with Crippen LogP contribution < -0.4 is 0 Å². The van der Waals surface area contributed by atoms with Crippen molar-refractivity contribution in [2.45, 2.75) is 213 Å². The van der Waals surface area contributed by atoms with Crippen molar-refractivity contribution in [3.8, 4) is 34.5 Å². The molecule has 0 saturated heterocycles. The van der Waals surface area contributed by atoms with Crippen LogP contribution >= 0.6 is 0 Å². The maximum atomic E-state index is 12.4. The zero-order valence-corrected chi connectivity index (χ0v) is 19.8. The third-order valence-electron chi connectivity index (χ3n) is 5.39. The highest BCUT2D eigenvalue weighted by Gasteiger charge is 2.24. The highest BCUT2D eigenvalue weighted by molar-refractivity contribution is 6.22. The Bertz CT molecular complexity index is 1510. The smallest absolute Gasteiger partial charge is 0.345 e. The second-order valence-corrected chi connectivity index (χ2v) is 8.13. The molecule has 0 fully saturated rings. The highest BCUT2D eigenvalue weighted by Crippen LogP contribution is 2.38. The molecule has 0 heterocycles. The molecule has 66 heavy (non-hydrogen) atoms. The van der Waals surface area contributed by atoms with Crippen LogP contribution in [0.1, 0.15) is 223 Å². The number of carbonyl (C=O) groups is 3. The van der Waals surface area contributed by atoms with Gasteiger partial charge in [-0.05, 0) is 59.2 Å². The lowest BCUT2D eigenvalue weighted by molar-refractivity contribution is -0.160. The van der Waals surface area contributed by atoms with Crippen LogP contribution in [0.2, 0.25) is 0 Å². The average Bonchev–Trinajstić information content (AvgIpc) is 2.87. The number of carboxylic acid groups (broad SMARTS) is 2. The molecule has 0 amide bonds. The van der Waals surface area contributed by atoms with Gasteiger partial charge < -0.3 is 45.6 Å². The number of phenolic OH excluding ortho intramolecular Hbond substituents is 6. The molecular formula is C54H130O12. The summed E-state index contributed by atoms with van der Waals surface area (Å²) in [6, 6.07) is 9.24. The number of benzene rings is 3. The number of hydrogen-bond acceptors (Lipinski definition) is 10. The largest absolute Gasteiger partial charge is 0.504 e. The van der Waals surface area contributed by atoms with Gasteiger partial charge in [0, 0.05) is 18.1 Å². The van der Waals surface area contributed by atoms with Gasteiger partial charge in [0.25, 0.3) is 0 Å². The molecule has 0 aliphatic rings. The summed E-state index contributed by atoms with van der Waals surface area (Å²) in [6.45, 7) is 0. The van der Waals surface area contributed by atoms with E-state index >= 15 is 0 Å². The van der Waals surface area contributed by atoms with E-state index in [1.807, 2.05) is 0 Å². The Labute approximate surface area is 418 Å². The van der Waals surface area contributed by atoms with Crippen molar-refractivity contribution in [1.82, 2.24) is 0 Å². The van der Waals surface area contributed by atoms with Gasteiger partial charge >= 0.3 is 17.9 Å². The van der Waals surface area contributed by atoms with E-state index in [0.717, 1.165) is 48.6 Å². The number of rotatable bonds is 9. The number of ether oxygens (including phenoxy) is 1. The lowest BCUT2D eigenvalue weighted by atomic mass is 9.95. The van der Waals surface area contributed by atoms with Crippen molar-refractivity contribution >= 4 is 35.6 Å². The zero-order chi connectivity index (χ0) is 28.9. The number of carboxylic acids is 2. The maximum absolute atomic E-state index is 12.4. The van der Waals surface area contributed by atoms with E-state index < -0.39 is 69.6 Å². The predicted octanol–water partition coefficient (Wildman–Crippen LogP) is 20.0. The van der Waals surface area contributed by atoms with Crippen LogP contribution in [0.3, 0.4) is 0 Å². The number of esters is 1. The van der Waals surface area contributed by atoms with Crippen molar-refractivity contribution in [2.24, 2.45) is 0 Å². The van der Waals surface area contributed by atoms with Crippen molar-refractivity contribution in [3.63, 3.8) is 0 Å². The Kier molecular flexibility index (Phi) is 190. The Balaban J connectivity index is -0.0000000271. The Morgan fingerprint density at radius 2 is 0.833 bits per heavy atom. The van der Waals surface area contributed by atoms with Crippen LogP contribution in [0.5, 0.6) is 34.5 Å². The minimum atomic E-state index is -1.68. The first kappa shape index (κ1) is 170. The molecule has 0 aromatic heterocycles. The fraction of sp³-hybridized carbons (Fsp3) is 0.537. The summed E-state index contributed by atoms with van der Waals surface area (Å²) in [5, 5.41) is 77.8. The summed E-state index contributed by atoms with van der Waals surface area (Å²) in [5.41, 5.74) is -0.680. The van der Waals surface area contributed by atoms with Crippen LogP contribution in [0.25, 0.3) is 17.7 Å². The van der Waals surface area contributed by atoms with Gasteiger partial charge in [0.1, 0.15) is 0 Å². The van der Waals surface area contributed by atoms with Crippen molar-refractivity contribution < 1.29 is 60.0 Å². The Morgan fingerprint density at radius 1 is 0.470 bits per heavy atom. The molecule has 12 heteroatoms. The monoisotopic (exact) mass is 971 g/mol. The zero-order valence-electron chi connectivity index (χ0n) is 19.8. The first-order chi connectivity index (χ1) is 18.4. The number of aliphatic carboxylic acids is 2. The normalized spacial score (nSPS) is 7.24. The lowest BCUT2D eigenvalue weighted by Crippen LogP contribution is -2.28. The van der Waals surface area contributed by atoms with E-state index in [2.05, 4.69) is 0 Å².